The van der Waals surface area contributed by atoms with E-state index in [0.29, 0.717) is 0 Å². The number of nitrogens with two attached hydrogens (primary N) is 1. The molecular formula is C16H22N4O6. The molecule has 142 valence electrons. The third kappa shape index (κ3) is 7.73. The van der Waals surface area contributed by atoms with Crippen molar-refractivity contribution < 1.29 is 29.4 Å². The van der Waals surface area contributed by atoms with Crippen LogP contribution in [0.3, 0.4) is 0 Å². The second kappa shape index (κ2) is 10.8. The first-order valence-electron chi connectivity index (χ1n) is 7.80. The topological polar surface area (TPSA) is 171 Å². The summed E-state index contributed by atoms with van der Waals surface area (Å²) in [5, 5.41) is 24.3. The molecule has 0 spiro atoms. The number of hydrogen-bond donors (Lipinski definition) is 6. The standard InChI is InChI=1S/C16H22N4O6/c17-11(6-10-4-2-1-3-5-10)15(25)20-12(9-21)16(26)19-7-13(22)18-8-14(23)24/h1-5,11-12,21H,6-9,17H2,(H,18,22)(H,19,26)(H,20,25)(H,23,24). The maximum atomic E-state index is 12.1. The highest BCUT2D eigenvalue weighted by Gasteiger charge is 2.23. The van der Waals surface area contributed by atoms with Crippen molar-refractivity contribution in [2.45, 2.75) is 18.5 Å². The highest BCUT2D eigenvalue weighted by molar-refractivity contribution is 5.92. The summed E-state index contributed by atoms with van der Waals surface area (Å²) in [7, 11) is 0. The predicted molar refractivity (Wildman–Crippen MR) is 90.8 cm³/mol. The fourth-order valence-corrected chi connectivity index (χ4v) is 1.96. The molecule has 10 heteroatoms. The number of carboxylic acids is 1. The van der Waals surface area contributed by atoms with E-state index in [1.807, 2.05) is 6.07 Å². The van der Waals surface area contributed by atoms with Crippen molar-refractivity contribution in [2.75, 3.05) is 19.7 Å². The first-order chi connectivity index (χ1) is 12.3. The van der Waals surface area contributed by atoms with E-state index in [9.17, 15) is 24.3 Å². The zero-order valence-corrected chi connectivity index (χ0v) is 14.0. The van der Waals surface area contributed by atoms with E-state index >= 15 is 0 Å². The van der Waals surface area contributed by atoms with Crippen molar-refractivity contribution >= 4 is 23.7 Å². The molecule has 0 aliphatic heterocycles. The number of aliphatic hydroxyl groups excluding tert-OH is 1. The van der Waals surface area contributed by atoms with Crippen molar-refractivity contribution in [1.82, 2.24) is 16.0 Å². The van der Waals surface area contributed by atoms with Gasteiger partial charge in [-0.1, -0.05) is 30.3 Å². The molecule has 1 rings (SSSR count). The number of rotatable bonds is 10. The molecule has 0 radical (unpaired) electrons. The molecule has 0 bridgehead atoms. The smallest absolute Gasteiger partial charge is 0.322 e. The van der Waals surface area contributed by atoms with Gasteiger partial charge in [-0.2, -0.15) is 0 Å². The molecule has 0 saturated carbocycles. The predicted octanol–water partition coefficient (Wildman–Crippen LogP) is -2.65. The monoisotopic (exact) mass is 366 g/mol. The van der Waals surface area contributed by atoms with Crippen LogP contribution in [0.1, 0.15) is 5.56 Å². The van der Waals surface area contributed by atoms with Crippen LogP contribution in [0, 0.1) is 0 Å². The van der Waals surface area contributed by atoms with Gasteiger partial charge in [-0.3, -0.25) is 19.2 Å². The van der Waals surface area contributed by atoms with Gasteiger partial charge < -0.3 is 31.9 Å². The van der Waals surface area contributed by atoms with Crippen LogP contribution in [0.2, 0.25) is 0 Å². The van der Waals surface area contributed by atoms with Crippen molar-refractivity contribution in [3.8, 4) is 0 Å². The number of nitrogens with one attached hydrogen (secondary N) is 3. The number of hydrogen-bond acceptors (Lipinski definition) is 6. The molecule has 7 N–H and O–H groups in total. The van der Waals surface area contributed by atoms with E-state index in [2.05, 4.69) is 16.0 Å². The molecule has 10 nitrogen and oxygen atoms in total. The molecule has 1 aromatic carbocycles. The van der Waals surface area contributed by atoms with Gasteiger partial charge in [0, 0.05) is 0 Å². The van der Waals surface area contributed by atoms with Crippen LogP contribution < -0.4 is 21.7 Å². The summed E-state index contributed by atoms with van der Waals surface area (Å²) in [6.07, 6.45) is 0.254. The highest BCUT2D eigenvalue weighted by atomic mass is 16.4. The first-order valence-corrected chi connectivity index (χ1v) is 7.80. The second-order valence-electron chi connectivity index (χ2n) is 5.43. The lowest BCUT2D eigenvalue weighted by atomic mass is 10.1. The maximum Gasteiger partial charge on any atom is 0.322 e. The molecule has 0 aliphatic carbocycles. The third-order valence-electron chi connectivity index (χ3n) is 3.31. The Labute approximate surface area is 149 Å². The van der Waals surface area contributed by atoms with Gasteiger partial charge in [0.25, 0.3) is 0 Å². The van der Waals surface area contributed by atoms with Gasteiger partial charge in [0.05, 0.1) is 19.2 Å². The van der Waals surface area contributed by atoms with E-state index in [0.717, 1.165) is 5.56 Å². The lowest BCUT2D eigenvalue weighted by Crippen LogP contribution is -2.54. The minimum atomic E-state index is -1.28. The Hall–Kier alpha value is -2.98. The van der Waals surface area contributed by atoms with Crippen LogP contribution >= 0.6 is 0 Å². The maximum absolute atomic E-state index is 12.1. The van der Waals surface area contributed by atoms with Crippen LogP contribution in [0.4, 0.5) is 0 Å². The van der Waals surface area contributed by atoms with Crippen LogP contribution in [-0.2, 0) is 25.6 Å². The SMILES string of the molecule is NC(Cc1ccccc1)C(=O)NC(CO)C(=O)NCC(=O)NCC(=O)O. The quantitative estimate of drug-likeness (QED) is 0.262. The van der Waals surface area contributed by atoms with Crippen LogP contribution in [0.25, 0.3) is 0 Å². The number of carbonyl (C=O) groups is 4. The van der Waals surface area contributed by atoms with Gasteiger partial charge in [-0.25, -0.2) is 0 Å². The second-order valence-corrected chi connectivity index (χ2v) is 5.43. The number of aliphatic hydroxyl groups is 1. The summed E-state index contributed by atoms with van der Waals surface area (Å²) < 4.78 is 0. The lowest BCUT2D eigenvalue weighted by Gasteiger charge is -2.19. The van der Waals surface area contributed by atoms with Gasteiger partial charge in [0.15, 0.2) is 0 Å². The van der Waals surface area contributed by atoms with E-state index in [4.69, 9.17) is 10.8 Å². The fourth-order valence-electron chi connectivity index (χ4n) is 1.96. The summed E-state index contributed by atoms with van der Waals surface area (Å²) in [6.45, 7) is -1.76. The van der Waals surface area contributed by atoms with Crippen molar-refractivity contribution in [3.05, 3.63) is 35.9 Å². The van der Waals surface area contributed by atoms with Gasteiger partial charge in [-0.15, -0.1) is 0 Å². The Morgan fingerprint density at radius 3 is 2.23 bits per heavy atom. The summed E-state index contributed by atoms with van der Waals surface area (Å²) >= 11 is 0. The van der Waals surface area contributed by atoms with E-state index in [1.165, 1.54) is 0 Å². The minimum Gasteiger partial charge on any atom is -0.480 e. The minimum absolute atomic E-state index is 0.254. The average Bonchev–Trinajstić information content (AvgIpc) is 2.62. The van der Waals surface area contributed by atoms with Gasteiger partial charge in [-0.05, 0) is 12.0 Å². The van der Waals surface area contributed by atoms with E-state index in [-0.39, 0.29) is 6.42 Å². The molecule has 1 aromatic rings. The molecule has 0 saturated heterocycles. The van der Waals surface area contributed by atoms with E-state index in [1.54, 1.807) is 24.3 Å². The van der Waals surface area contributed by atoms with Gasteiger partial charge >= 0.3 is 5.97 Å². The fraction of sp³-hybridized carbons (Fsp3) is 0.375. The Balaban J connectivity index is 2.46. The number of carboxylic acid groups (broad SMARTS) is 1. The Bertz CT molecular complexity index is 637. The highest BCUT2D eigenvalue weighted by Crippen LogP contribution is 2.02. The molecule has 0 aliphatic rings. The van der Waals surface area contributed by atoms with Crippen LogP contribution in [0.15, 0.2) is 30.3 Å². The first kappa shape index (κ1) is 21.1. The molecule has 26 heavy (non-hydrogen) atoms. The normalized spacial score (nSPS) is 12.5. The number of benzene rings is 1. The zero-order valence-electron chi connectivity index (χ0n) is 14.0. The Kier molecular flexibility index (Phi) is 8.75. The van der Waals surface area contributed by atoms with Crippen molar-refractivity contribution in [2.24, 2.45) is 5.73 Å². The average molecular weight is 366 g/mol. The summed E-state index contributed by atoms with van der Waals surface area (Å²) in [5.74, 6) is -3.36. The molecule has 2 atom stereocenters. The lowest BCUT2D eigenvalue weighted by molar-refractivity contribution is -0.138. The molecule has 0 heterocycles. The van der Waals surface area contributed by atoms with Crippen molar-refractivity contribution in [1.29, 1.82) is 0 Å². The number of amides is 3. The summed E-state index contributed by atoms with van der Waals surface area (Å²) in [5.41, 5.74) is 6.64. The summed E-state index contributed by atoms with van der Waals surface area (Å²) in [4.78, 5) is 45.6. The molecule has 2 unspecified atom stereocenters. The van der Waals surface area contributed by atoms with Gasteiger partial charge in [0.2, 0.25) is 17.7 Å². The van der Waals surface area contributed by atoms with Crippen molar-refractivity contribution in [3.63, 3.8) is 0 Å². The number of carbonyl (C=O) groups excluding carboxylic acids is 3. The summed E-state index contributed by atoms with van der Waals surface area (Å²) in [6, 6.07) is 6.85. The molecule has 0 fully saturated rings. The Morgan fingerprint density at radius 2 is 1.65 bits per heavy atom. The Morgan fingerprint density at radius 1 is 1.00 bits per heavy atom. The third-order valence-corrected chi connectivity index (χ3v) is 3.31. The van der Waals surface area contributed by atoms with Crippen LogP contribution in [-0.4, -0.2) is 65.7 Å². The van der Waals surface area contributed by atoms with Crippen LogP contribution in [0.5, 0.6) is 0 Å². The molecular weight excluding hydrogens is 344 g/mol. The largest absolute Gasteiger partial charge is 0.480 e. The van der Waals surface area contributed by atoms with E-state index < -0.39 is 55.5 Å². The molecule has 0 aromatic heterocycles. The molecule has 3 amide bonds. The van der Waals surface area contributed by atoms with Gasteiger partial charge in [0.1, 0.15) is 12.6 Å². The number of aliphatic carboxylic acids is 1. The zero-order chi connectivity index (χ0) is 19.5.